The van der Waals surface area contributed by atoms with Crippen molar-refractivity contribution < 1.29 is 9.53 Å². The van der Waals surface area contributed by atoms with Crippen LogP contribution in [0.25, 0.3) is 0 Å². The Bertz CT molecular complexity index is 592. The van der Waals surface area contributed by atoms with Crippen LogP contribution in [0.5, 0.6) is 5.75 Å². The van der Waals surface area contributed by atoms with E-state index in [1.165, 1.54) is 6.08 Å². The summed E-state index contributed by atoms with van der Waals surface area (Å²) in [5.41, 5.74) is 1.47. The van der Waals surface area contributed by atoms with E-state index in [2.05, 4.69) is 4.99 Å². The zero-order valence-corrected chi connectivity index (χ0v) is 10.2. The van der Waals surface area contributed by atoms with Crippen LogP contribution in [0.2, 0.25) is 5.02 Å². The molecule has 0 aliphatic heterocycles. The molecule has 0 atom stereocenters. The van der Waals surface area contributed by atoms with E-state index >= 15 is 0 Å². The van der Waals surface area contributed by atoms with Gasteiger partial charge in [-0.25, -0.2) is 4.79 Å². The topological polar surface area (TPSA) is 38.7 Å². The molecule has 0 saturated heterocycles. The molecule has 0 heterocycles. The minimum Gasteiger partial charge on any atom is -0.487 e. The van der Waals surface area contributed by atoms with E-state index in [4.69, 9.17) is 16.3 Å². The number of benzene rings is 2. The first-order valence-corrected chi connectivity index (χ1v) is 5.71. The Morgan fingerprint density at radius 3 is 2.78 bits per heavy atom. The summed E-state index contributed by atoms with van der Waals surface area (Å²) in [7, 11) is 0. The molecule has 3 nitrogen and oxygen atoms in total. The highest BCUT2D eigenvalue weighted by Gasteiger charge is 2.01. The van der Waals surface area contributed by atoms with Crippen molar-refractivity contribution >= 4 is 23.4 Å². The van der Waals surface area contributed by atoms with Gasteiger partial charge < -0.3 is 4.74 Å². The van der Waals surface area contributed by atoms with Crippen LogP contribution in [0, 0.1) is 0 Å². The molecule has 0 bridgehead atoms. The lowest BCUT2D eigenvalue weighted by atomic mass is 10.2. The molecule has 0 unspecified atom stereocenters. The van der Waals surface area contributed by atoms with Crippen LogP contribution >= 0.6 is 11.6 Å². The van der Waals surface area contributed by atoms with Crippen LogP contribution in [0.3, 0.4) is 0 Å². The molecule has 0 aliphatic carbocycles. The summed E-state index contributed by atoms with van der Waals surface area (Å²) in [6, 6.07) is 14.5. The van der Waals surface area contributed by atoms with Crippen molar-refractivity contribution in [2.45, 2.75) is 6.61 Å². The van der Waals surface area contributed by atoms with Gasteiger partial charge >= 0.3 is 0 Å². The number of para-hydroxylation sites is 1. The maximum absolute atomic E-state index is 10.2. The van der Waals surface area contributed by atoms with Crippen molar-refractivity contribution in [2.75, 3.05) is 0 Å². The smallest absolute Gasteiger partial charge is 0.240 e. The molecule has 0 aromatic heterocycles. The fourth-order valence-corrected chi connectivity index (χ4v) is 1.68. The Morgan fingerprint density at radius 1 is 1.17 bits per heavy atom. The minimum atomic E-state index is 0.367. The van der Waals surface area contributed by atoms with E-state index in [0.717, 1.165) is 5.56 Å². The number of aliphatic imine (C=N–C) groups is 1. The standard InChI is InChI=1S/C14H10ClNO2/c15-13-6-1-2-7-14(13)18-9-11-4-3-5-12(8-11)16-10-17/h1-8H,9H2. The summed E-state index contributed by atoms with van der Waals surface area (Å²) < 4.78 is 5.58. The molecule has 2 aromatic rings. The zero-order valence-electron chi connectivity index (χ0n) is 9.47. The highest BCUT2D eigenvalue weighted by atomic mass is 35.5. The van der Waals surface area contributed by atoms with E-state index in [0.29, 0.717) is 23.1 Å². The molecule has 0 aliphatic rings. The molecule has 18 heavy (non-hydrogen) atoms. The minimum absolute atomic E-state index is 0.367. The first-order valence-electron chi connectivity index (χ1n) is 5.34. The Kier molecular flexibility index (Phi) is 4.13. The van der Waals surface area contributed by atoms with Crippen LogP contribution in [0.1, 0.15) is 5.56 Å². The number of hydrogen-bond donors (Lipinski definition) is 0. The third kappa shape index (κ3) is 3.20. The van der Waals surface area contributed by atoms with E-state index in [1.807, 2.05) is 24.3 Å². The Hall–Kier alpha value is -2.09. The Morgan fingerprint density at radius 2 is 2.00 bits per heavy atom. The molecule has 90 valence electrons. The van der Waals surface area contributed by atoms with Crippen LogP contribution < -0.4 is 4.74 Å². The highest BCUT2D eigenvalue weighted by molar-refractivity contribution is 6.32. The van der Waals surface area contributed by atoms with Gasteiger partial charge in [-0.1, -0.05) is 35.9 Å². The van der Waals surface area contributed by atoms with Gasteiger partial charge in [0.15, 0.2) is 0 Å². The highest BCUT2D eigenvalue weighted by Crippen LogP contribution is 2.24. The predicted octanol–water partition coefficient (Wildman–Crippen LogP) is 3.89. The number of carbonyl (C=O) groups excluding carboxylic acids is 1. The Labute approximate surface area is 110 Å². The molecule has 2 aromatic carbocycles. The average molecular weight is 260 g/mol. The number of nitrogens with zero attached hydrogens (tertiary/aromatic N) is 1. The van der Waals surface area contributed by atoms with E-state index in [-0.39, 0.29) is 0 Å². The van der Waals surface area contributed by atoms with Gasteiger partial charge in [0.1, 0.15) is 12.4 Å². The van der Waals surface area contributed by atoms with Gasteiger partial charge in [0, 0.05) is 0 Å². The van der Waals surface area contributed by atoms with Crippen LogP contribution in [0.15, 0.2) is 53.5 Å². The fraction of sp³-hybridized carbons (Fsp3) is 0.0714. The molecule has 0 fully saturated rings. The first-order chi connectivity index (χ1) is 8.79. The quantitative estimate of drug-likeness (QED) is 0.617. The molecule has 2 rings (SSSR count). The second-order valence-electron chi connectivity index (χ2n) is 3.59. The normalized spacial score (nSPS) is 9.61. The van der Waals surface area contributed by atoms with Crippen molar-refractivity contribution in [3.8, 4) is 5.75 Å². The van der Waals surface area contributed by atoms with Crippen molar-refractivity contribution in [1.29, 1.82) is 0 Å². The molecule has 0 spiro atoms. The molecular weight excluding hydrogens is 250 g/mol. The number of rotatable bonds is 4. The number of halogens is 1. The molecule has 4 heteroatoms. The van der Waals surface area contributed by atoms with Crippen LogP contribution in [0.4, 0.5) is 5.69 Å². The third-order valence-electron chi connectivity index (χ3n) is 2.32. The SMILES string of the molecule is O=C=Nc1cccc(COc2ccccc2Cl)c1. The lowest BCUT2D eigenvalue weighted by Gasteiger charge is -2.07. The zero-order chi connectivity index (χ0) is 12.8. The molecular formula is C14H10ClNO2. The van der Waals surface area contributed by atoms with Crippen molar-refractivity contribution in [2.24, 2.45) is 4.99 Å². The monoisotopic (exact) mass is 259 g/mol. The average Bonchev–Trinajstić information content (AvgIpc) is 2.39. The van der Waals surface area contributed by atoms with E-state index in [9.17, 15) is 4.79 Å². The summed E-state index contributed by atoms with van der Waals surface area (Å²) in [5.74, 6) is 0.628. The molecule has 0 radical (unpaired) electrons. The summed E-state index contributed by atoms with van der Waals surface area (Å²) >= 11 is 5.98. The summed E-state index contributed by atoms with van der Waals surface area (Å²) in [4.78, 5) is 13.7. The number of hydrogen-bond acceptors (Lipinski definition) is 3. The summed E-state index contributed by atoms with van der Waals surface area (Å²) in [6.45, 7) is 0.367. The summed E-state index contributed by atoms with van der Waals surface area (Å²) in [5, 5.41) is 0.569. The number of isocyanates is 1. The second-order valence-corrected chi connectivity index (χ2v) is 4.00. The lowest BCUT2D eigenvalue weighted by molar-refractivity contribution is 0.306. The van der Waals surface area contributed by atoms with E-state index in [1.54, 1.807) is 24.3 Å². The maximum Gasteiger partial charge on any atom is 0.240 e. The van der Waals surface area contributed by atoms with Gasteiger partial charge in [-0.3, -0.25) is 0 Å². The largest absolute Gasteiger partial charge is 0.487 e. The molecule has 0 saturated carbocycles. The molecule has 0 N–H and O–H groups in total. The lowest BCUT2D eigenvalue weighted by Crippen LogP contribution is -1.95. The van der Waals surface area contributed by atoms with Crippen LogP contribution in [-0.4, -0.2) is 6.08 Å². The van der Waals surface area contributed by atoms with Gasteiger partial charge in [0.05, 0.1) is 10.7 Å². The fourth-order valence-electron chi connectivity index (χ4n) is 1.49. The van der Waals surface area contributed by atoms with Crippen molar-refractivity contribution in [3.63, 3.8) is 0 Å². The van der Waals surface area contributed by atoms with Gasteiger partial charge in [0.2, 0.25) is 6.08 Å². The van der Waals surface area contributed by atoms with Crippen molar-refractivity contribution in [3.05, 3.63) is 59.1 Å². The summed E-state index contributed by atoms with van der Waals surface area (Å²) in [6.07, 6.45) is 1.51. The van der Waals surface area contributed by atoms with Crippen molar-refractivity contribution in [1.82, 2.24) is 0 Å². The van der Waals surface area contributed by atoms with Crippen LogP contribution in [-0.2, 0) is 11.4 Å². The van der Waals surface area contributed by atoms with Gasteiger partial charge in [-0.05, 0) is 29.8 Å². The van der Waals surface area contributed by atoms with Gasteiger partial charge in [0.25, 0.3) is 0 Å². The third-order valence-corrected chi connectivity index (χ3v) is 2.63. The predicted molar refractivity (Wildman–Crippen MR) is 70.0 cm³/mol. The van der Waals surface area contributed by atoms with Gasteiger partial charge in [-0.2, -0.15) is 4.99 Å². The second kappa shape index (κ2) is 6.01. The van der Waals surface area contributed by atoms with E-state index < -0.39 is 0 Å². The maximum atomic E-state index is 10.2. The Balaban J connectivity index is 2.08. The number of ether oxygens (including phenoxy) is 1. The van der Waals surface area contributed by atoms with Gasteiger partial charge in [-0.15, -0.1) is 0 Å². The molecule has 0 amide bonds. The first kappa shape index (κ1) is 12.4.